The minimum Gasteiger partial charge on any atom is -0.383 e. The van der Waals surface area contributed by atoms with Crippen molar-refractivity contribution in [1.29, 1.82) is 0 Å². The molecule has 0 aliphatic rings. The van der Waals surface area contributed by atoms with E-state index in [0.29, 0.717) is 25.3 Å². The summed E-state index contributed by atoms with van der Waals surface area (Å²) in [7, 11) is -1.68. The molecule has 0 aliphatic carbocycles. The maximum absolute atomic E-state index is 11.9. The maximum Gasteiger partial charge on any atom is 0.251 e. The molecule has 0 radical (unpaired) electrons. The van der Waals surface area contributed by atoms with Crippen LogP contribution >= 0.6 is 12.4 Å². The highest BCUT2D eigenvalue weighted by Crippen LogP contribution is 2.11. The molecule has 0 spiro atoms. The number of benzene rings is 1. The van der Waals surface area contributed by atoms with Crippen LogP contribution < -0.4 is 10.6 Å². The Morgan fingerprint density at radius 1 is 1.24 bits per heavy atom. The average molecular weight is 337 g/mol. The number of amides is 1. The summed E-state index contributed by atoms with van der Waals surface area (Å²) in [6.45, 7) is 2.42. The number of hydrogen-bond donors (Lipinski definition) is 2. The van der Waals surface area contributed by atoms with Crippen molar-refractivity contribution in [1.82, 2.24) is 10.6 Å². The number of carbonyl (C=O) groups excluding carboxylic acids is 1. The third kappa shape index (κ3) is 7.42. The van der Waals surface area contributed by atoms with Crippen molar-refractivity contribution >= 4 is 28.2 Å². The molecular formula is C13H21ClN2O4S. The lowest BCUT2D eigenvalue weighted by Gasteiger charge is -2.07. The molecule has 0 atom stereocenters. The molecule has 1 aromatic rings. The van der Waals surface area contributed by atoms with Crippen LogP contribution in [0.25, 0.3) is 0 Å². The summed E-state index contributed by atoms with van der Waals surface area (Å²) in [5.41, 5.74) is 0.338. The fraction of sp³-hybridized carbons (Fsp3) is 0.462. The summed E-state index contributed by atoms with van der Waals surface area (Å²) in [6.07, 6.45) is 1.11. The third-order valence-electron chi connectivity index (χ3n) is 2.59. The fourth-order valence-electron chi connectivity index (χ4n) is 1.53. The molecule has 1 amide bonds. The van der Waals surface area contributed by atoms with Gasteiger partial charge in [-0.25, -0.2) is 8.42 Å². The summed E-state index contributed by atoms with van der Waals surface area (Å²) in [5, 5.41) is 5.81. The van der Waals surface area contributed by atoms with Crippen molar-refractivity contribution in [2.45, 2.75) is 4.90 Å². The Labute approximate surface area is 131 Å². The van der Waals surface area contributed by atoms with Crippen molar-refractivity contribution in [3.63, 3.8) is 0 Å². The standard InChI is InChI=1S/C13H20N2O4S.ClH/c1-19-9-8-14-6-7-15-13(16)11-4-3-5-12(10-11)20(2,17)18;/h3-5,10,14H,6-9H2,1-2H3,(H,15,16);1H. The summed E-state index contributed by atoms with van der Waals surface area (Å²) in [4.78, 5) is 12.0. The lowest BCUT2D eigenvalue weighted by Crippen LogP contribution is -2.33. The molecule has 0 aliphatic heterocycles. The van der Waals surface area contributed by atoms with Crippen LogP contribution in [0.15, 0.2) is 29.2 Å². The number of sulfone groups is 1. The molecule has 1 aromatic carbocycles. The minimum absolute atomic E-state index is 0. The van der Waals surface area contributed by atoms with Gasteiger partial charge in [-0.2, -0.15) is 0 Å². The van der Waals surface area contributed by atoms with Crippen LogP contribution in [0, 0.1) is 0 Å². The van der Waals surface area contributed by atoms with Gasteiger partial charge in [0, 0.05) is 38.6 Å². The van der Waals surface area contributed by atoms with Gasteiger partial charge in [-0.15, -0.1) is 12.4 Å². The quantitative estimate of drug-likeness (QED) is 0.674. The third-order valence-corrected chi connectivity index (χ3v) is 3.70. The largest absolute Gasteiger partial charge is 0.383 e. The van der Waals surface area contributed by atoms with Gasteiger partial charge in [0.1, 0.15) is 0 Å². The molecule has 8 heteroatoms. The molecule has 0 unspecified atom stereocenters. The van der Waals surface area contributed by atoms with E-state index in [-0.39, 0.29) is 23.2 Å². The Kier molecular flexibility index (Phi) is 9.19. The lowest BCUT2D eigenvalue weighted by molar-refractivity contribution is 0.0953. The molecule has 0 saturated heterocycles. The minimum atomic E-state index is -3.30. The van der Waals surface area contributed by atoms with Gasteiger partial charge in [-0.1, -0.05) is 6.07 Å². The number of methoxy groups -OCH3 is 1. The fourth-order valence-corrected chi connectivity index (χ4v) is 2.20. The van der Waals surface area contributed by atoms with E-state index in [9.17, 15) is 13.2 Å². The summed E-state index contributed by atoms with van der Waals surface area (Å²) in [6, 6.07) is 5.99. The smallest absolute Gasteiger partial charge is 0.251 e. The Hall–Kier alpha value is -1.15. The number of hydrogen-bond acceptors (Lipinski definition) is 5. The molecule has 2 N–H and O–H groups in total. The SMILES string of the molecule is COCCNCCNC(=O)c1cccc(S(C)(=O)=O)c1.Cl. The van der Waals surface area contributed by atoms with Crippen LogP contribution in [0.3, 0.4) is 0 Å². The number of halogens is 1. The molecule has 0 aromatic heterocycles. The topological polar surface area (TPSA) is 84.5 Å². The second-order valence-corrected chi connectivity index (χ2v) is 6.31. The first-order valence-electron chi connectivity index (χ1n) is 6.23. The van der Waals surface area contributed by atoms with E-state index in [1.807, 2.05) is 0 Å². The lowest BCUT2D eigenvalue weighted by atomic mass is 10.2. The summed E-state index contributed by atoms with van der Waals surface area (Å²) >= 11 is 0. The van der Waals surface area contributed by atoms with Crippen LogP contribution in [-0.2, 0) is 14.6 Å². The van der Waals surface area contributed by atoms with Gasteiger partial charge in [0.15, 0.2) is 9.84 Å². The molecule has 6 nitrogen and oxygen atoms in total. The number of rotatable bonds is 8. The van der Waals surface area contributed by atoms with Crippen LogP contribution in [0.2, 0.25) is 0 Å². The zero-order valence-corrected chi connectivity index (χ0v) is 13.7. The predicted octanol–water partition coefficient (Wildman–Crippen LogP) is 0.478. The predicted molar refractivity (Wildman–Crippen MR) is 83.9 cm³/mol. The van der Waals surface area contributed by atoms with Gasteiger partial charge >= 0.3 is 0 Å². The van der Waals surface area contributed by atoms with E-state index in [0.717, 1.165) is 12.8 Å². The van der Waals surface area contributed by atoms with Gasteiger partial charge in [0.05, 0.1) is 11.5 Å². The molecule has 1 rings (SSSR count). The van der Waals surface area contributed by atoms with Gasteiger partial charge in [0.25, 0.3) is 5.91 Å². The first-order chi connectivity index (χ1) is 9.45. The molecule has 0 fully saturated rings. The van der Waals surface area contributed by atoms with Gasteiger partial charge in [0.2, 0.25) is 0 Å². The Morgan fingerprint density at radius 3 is 2.57 bits per heavy atom. The first kappa shape index (κ1) is 19.9. The van der Waals surface area contributed by atoms with E-state index in [2.05, 4.69) is 10.6 Å². The monoisotopic (exact) mass is 336 g/mol. The van der Waals surface area contributed by atoms with Crippen LogP contribution in [-0.4, -0.2) is 53.9 Å². The molecular weight excluding hydrogens is 316 g/mol. The molecule has 0 saturated carbocycles. The zero-order valence-electron chi connectivity index (χ0n) is 12.1. The van der Waals surface area contributed by atoms with Crippen LogP contribution in [0.1, 0.15) is 10.4 Å². The Bertz CT molecular complexity index is 549. The van der Waals surface area contributed by atoms with Crippen LogP contribution in [0.5, 0.6) is 0 Å². The first-order valence-corrected chi connectivity index (χ1v) is 8.12. The highest BCUT2D eigenvalue weighted by molar-refractivity contribution is 7.90. The van der Waals surface area contributed by atoms with Crippen molar-refractivity contribution in [3.05, 3.63) is 29.8 Å². The van der Waals surface area contributed by atoms with Crippen molar-refractivity contribution in [3.8, 4) is 0 Å². The summed E-state index contributed by atoms with van der Waals surface area (Å²) < 4.78 is 27.7. The second kappa shape index (κ2) is 9.73. The number of carbonyl (C=O) groups is 1. The molecule has 120 valence electrons. The number of nitrogens with one attached hydrogen (secondary N) is 2. The normalized spacial score (nSPS) is 10.8. The second-order valence-electron chi connectivity index (χ2n) is 4.30. The van der Waals surface area contributed by atoms with E-state index in [1.54, 1.807) is 19.2 Å². The van der Waals surface area contributed by atoms with Gasteiger partial charge in [-0.05, 0) is 18.2 Å². The van der Waals surface area contributed by atoms with E-state index in [4.69, 9.17) is 4.74 Å². The van der Waals surface area contributed by atoms with Gasteiger partial charge < -0.3 is 15.4 Å². The molecule has 0 heterocycles. The Balaban J connectivity index is 0.00000400. The molecule has 0 bridgehead atoms. The maximum atomic E-state index is 11.9. The van der Waals surface area contributed by atoms with E-state index < -0.39 is 9.84 Å². The van der Waals surface area contributed by atoms with Crippen molar-refractivity contribution < 1.29 is 17.9 Å². The summed E-state index contributed by atoms with van der Waals surface area (Å²) in [5.74, 6) is -0.288. The van der Waals surface area contributed by atoms with E-state index >= 15 is 0 Å². The highest BCUT2D eigenvalue weighted by Gasteiger charge is 2.10. The van der Waals surface area contributed by atoms with Crippen molar-refractivity contribution in [2.24, 2.45) is 0 Å². The highest BCUT2D eigenvalue weighted by atomic mass is 35.5. The molecule has 21 heavy (non-hydrogen) atoms. The zero-order chi connectivity index (χ0) is 15.0. The van der Waals surface area contributed by atoms with Gasteiger partial charge in [-0.3, -0.25) is 4.79 Å². The van der Waals surface area contributed by atoms with Crippen LogP contribution in [0.4, 0.5) is 0 Å². The average Bonchev–Trinajstić information content (AvgIpc) is 2.41. The number of ether oxygens (including phenoxy) is 1. The van der Waals surface area contributed by atoms with E-state index in [1.165, 1.54) is 12.1 Å². The Morgan fingerprint density at radius 2 is 1.95 bits per heavy atom. The van der Waals surface area contributed by atoms with Crippen molar-refractivity contribution in [2.75, 3.05) is 39.6 Å².